The smallest absolute Gasteiger partial charge is 0.339 e. The van der Waals surface area contributed by atoms with Crippen LogP contribution >= 0.6 is 0 Å². The van der Waals surface area contributed by atoms with Gasteiger partial charge in [-0.2, -0.15) is 0 Å². The monoisotopic (exact) mass is 255 g/mol. The second-order valence-electron chi connectivity index (χ2n) is 3.85. The number of ether oxygens (including phenoxy) is 1. The molecule has 19 heavy (non-hydrogen) atoms. The summed E-state index contributed by atoms with van der Waals surface area (Å²) >= 11 is 0. The number of aromatic amines is 1. The molecule has 0 unspecified atom stereocenters. The van der Waals surface area contributed by atoms with Crippen molar-refractivity contribution in [3.63, 3.8) is 0 Å². The fraction of sp³-hybridized carbons (Fsp3) is 0.0667. The van der Waals surface area contributed by atoms with Gasteiger partial charge < -0.3 is 9.72 Å². The zero-order valence-corrected chi connectivity index (χ0v) is 10.2. The molecule has 0 fully saturated rings. The topological polar surface area (TPSA) is 59.2 Å². The van der Waals surface area contributed by atoms with Gasteiger partial charge in [-0.05, 0) is 17.7 Å². The Hall–Kier alpha value is -2.62. The molecule has 0 radical (unpaired) electrons. The van der Waals surface area contributed by atoms with Crippen molar-refractivity contribution in [2.75, 3.05) is 6.61 Å². The average Bonchev–Trinajstić information content (AvgIpc) is 2.45. The van der Waals surface area contributed by atoms with Crippen LogP contribution in [0.2, 0.25) is 0 Å². The normalized spacial score (nSPS) is 10.5. The number of pyridine rings is 1. The van der Waals surface area contributed by atoms with Gasteiger partial charge in [-0.25, -0.2) is 4.79 Å². The summed E-state index contributed by atoms with van der Waals surface area (Å²) in [6.07, 6.45) is 4.98. The SMILES string of the molecule is O=C(OCC=Cc1ccccc1)c1ccc(=O)[nH]c1. The molecule has 0 saturated carbocycles. The van der Waals surface area contributed by atoms with Crippen molar-refractivity contribution in [3.8, 4) is 0 Å². The van der Waals surface area contributed by atoms with Crippen LogP contribution in [0.4, 0.5) is 0 Å². The summed E-state index contributed by atoms with van der Waals surface area (Å²) in [4.78, 5) is 24.9. The summed E-state index contributed by atoms with van der Waals surface area (Å²) in [5, 5.41) is 0. The Kier molecular flexibility index (Phi) is 4.29. The van der Waals surface area contributed by atoms with Gasteiger partial charge in [-0.3, -0.25) is 4.79 Å². The lowest BCUT2D eigenvalue weighted by Crippen LogP contribution is -2.09. The molecule has 2 rings (SSSR count). The summed E-state index contributed by atoms with van der Waals surface area (Å²) < 4.78 is 5.04. The number of aromatic nitrogens is 1. The maximum absolute atomic E-state index is 11.6. The van der Waals surface area contributed by atoms with E-state index >= 15 is 0 Å². The van der Waals surface area contributed by atoms with Gasteiger partial charge in [-0.15, -0.1) is 0 Å². The molecule has 1 heterocycles. The summed E-state index contributed by atoms with van der Waals surface area (Å²) in [5.41, 5.74) is 1.12. The Balaban J connectivity index is 1.86. The van der Waals surface area contributed by atoms with Crippen LogP contribution in [0.5, 0.6) is 0 Å². The molecule has 0 aliphatic rings. The van der Waals surface area contributed by atoms with Gasteiger partial charge in [0.25, 0.3) is 0 Å². The molecular weight excluding hydrogens is 242 g/mol. The third kappa shape index (κ3) is 3.96. The molecular formula is C15H13NO3. The van der Waals surface area contributed by atoms with Gasteiger partial charge in [0.1, 0.15) is 6.61 Å². The number of esters is 1. The van der Waals surface area contributed by atoms with Crippen LogP contribution in [-0.4, -0.2) is 17.6 Å². The van der Waals surface area contributed by atoms with E-state index in [1.807, 2.05) is 36.4 Å². The Morgan fingerprint density at radius 2 is 1.95 bits per heavy atom. The van der Waals surface area contributed by atoms with E-state index in [0.717, 1.165) is 5.56 Å². The molecule has 0 bridgehead atoms. The van der Waals surface area contributed by atoms with Crippen LogP contribution in [0.25, 0.3) is 6.08 Å². The number of nitrogens with one attached hydrogen (secondary N) is 1. The third-order valence-electron chi connectivity index (χ3n) is 2.44. The maximum Gasteiger partial charge on any atom is 0.339 e. The van der Waals surface area contributed by atoms with E-state index in [4.69, 9.17) is 4.74 Å². The van der Waals surface area contributed by atoms with Crippen molar-refractivity contribution in [1.82, 2.24) is 4.98 Å². The fourth-order valence-electron chi connectivity index (χ4n) is 1.49. The van der Waals surface area contributed by atoms with E-state index in [1.54, 1.807) is 6.08 Å². The molecule has 0 saturated heterocycles. The first-order valence-electron chi connectivity index (χ1n) is 5.83. The summed E-state index contributed by atoms with van der Waals surface area (Å²) in [6.45, 7) is 0.187. The van der Waals surface area contributed by atoms with E-state index in [-0.39, 0.29) is 12.2 Å². The van der Waals surface area contributed by atoms with E-state index in [1.165, 1.54) is 18.3 Å². The minimum atomic E-state index is -0.464. The highest BCUT2D eigenvalue weighted by atomic mass is 16.5. The maximum atomic E-state index is 11.6. The molecule has 2 aromatic rings. The van der Waals surface area contributed by atoms with Crippen LogP contribution in [0, 0.1) is 0 Å². The number of rotatable bonds is 4. The zero-order chi connectivity index (χ0) is 13.5. The molecule has 4 nitrogen and oxygen atoms in total. The van der Waals surface area contributed by atoms with Crippen LogP contribution in [-0.2, 0) is 4.74 Å². The molecule has 0 spiro atoms. The van der Waals surface area contributed by atoms with E-state index in [9.17, 15) is 9.59 Å². The first-order chi connectivity index (χ1) is 9.25. The largest absolute Gasteiger partial charge is 0.458 e. The third-order valence-corrected chi connectivity index (χ3v) is 2.44. The van der Waals surface area contributed by atoms with Crippen LogP contribution in [0.15, 0.2) is 59.5 Å². The van der Waals surface area contributed by atoms with Gasteiger partial charge in [-0.1, -0.05) is 36.4 Å². The second-order valence-corrected chi connectivity index (χ2v) is 3.85. The number of H-pyrrole nitrogens is 1. The van der Waals surface area contributed by atoms with Crippen molar-refractivity contribution < 1.29 is 9.53 Å². The van der Waals surface area contributed by atoms with Gasteiger partial charge in [0.2, 0.25) is 5.56 Å². The average molecular weight is 255 g/mol. The minimum absolute atomic E-state index is 0.187. The molecule has 0 aliphatic heterocycles. The molecule has 4 heteroatoms. The number of carbonyl (C=O) groups excluding carboxylic acids is 1. The Labute approximate surface area is 110 Å². The minimum Gasteiger partial charge on any atom is -0.458 e. The van der Waals surface area contributed by atoms with Crippen molar-refractivity contribution in [2.45, 2.75) is 0 Å². The van der Waals surface area contributed by atoms with Crippen LogP contribution in [0.3, 0.4) is 0 Å². The number of hydrogen-bond donors (Lipinski definition) is 1. The number of benzene rings is 1. The van der Waals surface area contributed by atoms with Gasteiger partial charge in [0, 0.05) is 12.3 Å². The van der Waals surface area contributed by atoms with E-state index in [2.05, 4.69) is 4.98 Å². The number of carbonyl (C=O) groups is 1. The highest BCUT2D eigenvalue weighted by Gasteiger charge is 2.05. The predicted octanol–water partition coefficient (Wildman–Crippen LogP) is 2.25. The molecule has 1 N–H and O–H groups in total. The Morgan fingerprint density at radius 3 is 2.63 bits per heavy atom. The van der Waals surface area contributed by atoms with Gasteiger partial charge >= 0.3 is 5.97 Å². The van der Waals surface area contributed by atoms with Crippen molar-refractivity contribution >= 4 is 12.0 Å². The molecule has 0 amide bonds. The molecule has 96 valence electrons. The fourth-order valence-corrected chi connectivity index (χ4v) is 1.49. The van der Waals surface area contributed by atoms with Crippen LogP contribution in [0.1, 0.15) is 15.9 Å². The van der Waals surface area contributed by atoms with E-state index < -0.39 is 5.97 Å². The highest BCUT2D eigenvalue weighted by Crippen LogP contribution is 2.01. The highest BCUT2D eigenvalue weighted by molar-refractivity contribution is 5.88. The van der Waals surface area contributed by atoms with Gasteiger partial charge in [0.15, 0.2) is 0 Å². The zero-order valence-electron chi connectivity index (χ0n) is 10.2. The summed E-state index contributed by atoms with van der Waals surface area (Å²) in [5.74, 6) is -0.464. The standard InChI is InChI=1S/C15H13NO3/c17-14-9-8-13(11-16-14)15(18)19-10-4-7-12-5-2-1-3-6-12/h1-9,11H,10H2,(H,16,17). The molecule has 1 aromatic heterocycles. The Morgan fingerprint density at radius 1 is 1.16 bits per heavy atom. The van der Waals surface area contributed by atoms with Gasteiger partial charge in [0.05, 0.1) is 5.56 Å². The van der Waals surface area contributed by atoms with Crippen molar-refractivity contribution in [2.24, 2.45) is 0 Å². The molecule has 0 aliphatic carbocycles. The summed E-state index contributed by atoms with van der Waals surface area (Å²) in [7, 11) is 0. The van der Waals surface area contributed by atoms with E-state index in [0.29, 0.717) is 5.56 Å². The van der Waals surface area contributed by atoms with Crippen LogP contribution < -0.4 is 5.56 Å². The first-order valence-corrected chi connectivity index (χ1v) is 5.83. The predicted molar refractivity (Wildman–Crippen MR) is 72.8 cm³/mol. The first kappa shape index (κ1) is 12.8. The summed E-state index contributed by atoms with van der Waals surface area (Å²) in [6, 6.07) is 12.4. The second kappa shape index (κ2) is 6.35. The Bertz CT molecular complexity index is 609. The van der Waals surface area contributed by atoms with Crippen molar-refractivity contribution in [3.05, 3.63) is 76.2 Å². The number of hydrogen-bond acceptors (Lipinski definition) is 3. The molecule has 0 atom stereocenters. The van der Waals surface area contributed by atoms with Crippen molar-refractivity contribution in [1.29, 1.82) is 0 Å². The molecule has 1 aromatic carbocycles. The lowest BCUT2D eigenvalue weighted by molar-refractivity contribution is 0.0549. The lowest BCUT2D eigenvalue weighted by atomic mass is 10.2. The lowest BCUT2D eigenvalue weighted by Gasteiger charge is -2.00. The quantitative estimate of drug-likeness (QED) is 0.852.